The van der Waals surface area contributed by atoms with Crippen LogP contribution >= 0.6 is 11.3 Å². The van der Waals surface area contributed by atoms with Gasteiger partial charge in [-0.2, -0.15) is 19.3 Å². The number of aromatic nitrogens is 3. The second-order valence-corrected chi connectivity index (χ2v) is 10.1. The van der Waals surface area contributed by atoms with Crippen LogP contribution in [0.1, 0.15) is 24.1 Å². The molecule has 0 bridgehead atoms. The molecule has 4 rings (SSSR count). The highest BCUT2D eigenvalue weighted by atomic mass is 32.2. The molecule has 1 aliphatic rings. The maximum absolute atomic E-state index is 12.7. The van der Waals surface area contributed by atoms with Crippen molar-refractivity contribution in [3.8, 4) is 5.69 Å². The topological polar surface area (TPSA) is 97.2 Å². The second-order valence-electron chi connectivity index (χ2n) is 6.78. The largest absolute Gasteiger partial charge is 0.326 e. The van der Waals surface area contributed by atoms with Crippen LogP contribution in [0, 0.1) is 0 Å². The Morgan fingerprint density at radius 1 is 1.00 bits per heavy atom. The molecule has 8 nitrogen and oxygen atoms in total. The van der Waals surface area contributed by atoms with Crippen LogP contribution in [-0.2, 0) is 21.2 Å². The number of nitrogens with zero attached hydrogens (tertiary/aromatic N) is 4. The van der Waals surface area contributed by atoms with Crippen molar-refractivity contribution < 1.29 is 13.2 Å². The minimum absolute atomic E-state index is 0.128. The van der Waals surface area contributed by atoms with Crippen molar-refractivity contribution in [2.24, 2.45) is 0 Å². The molecule has 0 atom stereocenters. The van der Waals surface area contributed by atoms with Gasteiger partial charge in [0.05, 0.1) is 24.5 Å². The summed E-state index contributed by atoms with van der Waals surface area (Å²) in [5.41, 5.74) is 1.45. The molecule has 1 saturated heterocycles. The van der Waals surface area contributed by atoms with Gasteiger partial charge in [0, 0.05) is 23.7 Å². The fourth-order valence-corrected chi connectivity index (χ4v) is 6.24. The van der Waals surface area contributed by atoms with Crippen LogP contribution in [0.4, 0.5) is 5.69 Å². The lowest BCUT2D eigenvalue weighted by molar-refractivity contribution is -0.115. The Morgan fingerprint density at radius 3 is 2.38 bits per heavy atom. The molecular formula is C19H21N5O3S2. The molecule has 1 aromatic carbocycles. The Balaban J connectivity index is 1.38. The van der Waals surface area contributed by atoms with Gasteiger partial charge in [-0.05, 0) is 49.2 Å². The van der Waals surface area contributed by atoms with Gasteiger partial charge in [-0.25, -0.2) is 8.42 Å². The number of hydrogen-bond donors (Lipinski definition) is 1. The Labute approximate surface area is 173 Å². The molecule has 3 heterocycles. The third kappa shape index (κ3) is 4.55. The fraction of sp³-hybridized carbons (Fsp3) is 0.316. The number of benzene rings is 1. The first-order valence-electron chi connectivity index (χ1n) is 9.38. The molecule has 29 heavy (non-hydrogen) atoms. The summed E-state index contributed by atoms with van der Waals surface area (Å²) < 4.78 is 27.3. The monoisotopic (exact) mass is 431 g/mol. The Morgan fingerprint density at radius 2 is 1.69 bits per heavy atom. The van der Waals surface area contributed by atoms with E-state index in [4.69, 9.17) is 0 Å². The standard InChI is InChI=1S/C19H21N5O3S2/c25-18(22-15-4-6-16(7-5-15)24-20-10-11-21-24)14-17-8-9-19(28-17)29(26,27)23-12-2-1-3-13-23/h4-11H,1-3,12-14H2,(H,22,25). The summed E-state index contributed by atoms with van der Waals surface area (Å²) in [7, 11) is -3.46. The summed E-state index contributed by atoms with van der Waals surface area (Å²) >= 11 is 1.16. The Hall–Kier alpha value is -2.56. The Kier molecular flexibility index (Phi) is 5.74. The van der Waals surface area contributed by atoms with Crippen LogP contribution in [0.15, 0.2) is 53.0 Å². The van der Waals surface area contributed by atoms with Crippen LogP contribution in [0.2, 0.25) is 0 Å². The molecule has 10 heteroatoms. The van der Waals surface area contributed by atoms with Gasteiger partial charge >= 0.3 is 0 Å². The number of carbonyl (C=O) groups is 1. The molecule has 2 aromatic heterocycles. The molecule has 0 saturated carbocycles. The van der Waals surface area contributed by atoms with Crippen molar-refractivity contribution in [1.82, 2.24) is 19.3 Å². The highest BCUT2D eigenvalue weighted by Gasteiger charge is 2.27. The van der Waals surface area contributed by atoms with E-state index in [1.54, 1.807) is 41.0 Å². The summed E-state index contributed by atoms with van der Waals surface area (Å²) in [6.45, 7) is 1.14. The van der Waals surface area contributed by atoms with Gasteiger partial charge in [-0.3, -0.25) is 4.79 Å². The second kappa shape index (κ2) is 8.44. The number of sulfonamides is 1. The van der Waals surface area contributed by atoms with Crippen molar-refractivity contribution in [2.75, 3.05) is 18.4 Å². The van der Waals surface area contributed by atoms with Crippen LogP contribution in [0.5, 0.6) is 0 Å². The SMILES string of the molecule is O=C(Cc1ccc(S(=O)(=O)N2CCCCC2)s1)Nc1ccc(-n2nccn2)cc1. The van der Waals surface area contributed by atoms with E-state index < -0.39 is 10.0 Å². The molecule has 3 aromatic rings. The third-order valence-electron chi connectivity index (χ3n) is 4.68. The van der Waals surface area contributed by atoms with Crippen molar-refractivity contribution in [2.45, 2.75) is 29.9 Å². The summed E-state index contributed by atoms with van der Waals surface area (Å²) in [5, 5.41) is 10.9. The van der Waals surface area contributed by atoms with Crippen LogP contribution in [0.3, 0.4) is 0 Å². The minimum Gasteiger partial charge on any atom is -0.326 e. The van der Waals surface area contributed by atoms with E-state index >= 15 is 0 Å². The lowest BCUT2D eigenvalue weighted by atomic mass is 10.2. The molecule has 1 aliphatic heterocycles. The van der Waals surface area contributed by atoms with Crippen molar-refractivity contribution in [1.29, 1.82) is 0 Å². The zero-order valence-corrected chi connectivity index (χ0v) is 17.3. The van der Waals surface area contributed by atoms with E-state index in [1.807, 2.05) is 12.1 Å². The zero-order chi connectivity index (χ0) is 20.3. The van der Waals surface area contributed by atoms with Gasteiger partial charge in [0.15, 0.2) is 0 Å². The zero-order valence-electron chi connectivity index (χ0n) is 15.7. The smallest absolute Gasteiger partial charge is 0.252 e. The molecule has 0 spiro atoms. The van der Waals surface area contributed by atoms with Gasteiger partial charge in [0.25, 0.3) is 10.0 Å². The number of piperidine rings is 1. The molecule has 0 aliphatic carbocycles. The van der Waals surface area contributed by atoms with Gasteiger partial charge in [0.1, 0.15) is 4.21 Å². The summed E-state index contributed by atoms with van der Waals surface area (Å²) in [4.78, 5) is 14.6. The van der Waals surface area contributed by atoms with Crippen molar-refractivity contribution >= 4 is 33.0 Å². The van der Waals surface area contributed by atoms with E-state index in [2.05, 4.69) is 15.5 Å². The van der Waals surface area contributed by atoms with Crippen LogP contribution < -0.4 is 5.32 Å². The highest BCUT2D eigenvalue weighted by molar-refractivity contribution is 7.91. The minimum atomic E-state index is -3.46. The summed E-state index contributed by atoms with van der Waals surface area (Å²) in [6, 6.07) is 10.5. The van der Waals surface area contributed by atoms with Gasteiger partial charge in [0.2, 0.25) is 5.91 Å². The first-order valence-corrected chi connectivity index (χ1v) is 11.6. The first kappa shape index (κ1) is 19.7. The molecular weight excluding hydrogens is 410 g/mol. The number of anilines is 1. The fourth-order valence-electron chi connectivity index (χ4n) is 3.21. The average molecular weight is 432 g/mol. The molecule has 152 valence electrons. The lowest BCUT2D eigenvalue weighted by Gasteiger charge is -2.25. The predicted molar refractivity (Wildman–Crippen MR) is 111 cm³/mol. The van der Waals surface area contributed by atoms with E-state index in [1.165, 1.54) is 4.80 Å². The van der Waals surface area contributed by atoms with E-state index in [0.717, 1.165) is 41.2 Å². The van der Waals surface area contributed by atoms with E-state index in [9.17, 15) is 13.2 Å². The number of rotatable bonds is 6. The first-order chi connectivity index (χ1) is 14.0. The van der Waals surface area contributed by atoms with Gasteiger partial charge in [-0.15, -0.1) is 11.3 Å². The molecule has 1 fully saturated rings. The number of carbonyl (C=O) groups excluding carboxylic acids is 1. The molecule has 0 radical (unpaired) electrons. The van der Waals surface area contributed by atoms with E-state index in [-0.39, 0.29) is 12.3 Å². The third-order valence-corrected chi connectivity index (χ3v) is 8.13. The van der Waals surface area contributed by atoms with Crippen molar-refractivity contribution in [3.05, 3.63) is 53.7 Å². The van der Waals surface area contributed by atoms with Crippen LogP contribution in [0.25, 0.3) is 5.69 Å². The van der Waals surface area contributed by atoms with Gasteiger partial charge < -0.3 is 5.32 Å². The molecule has 1 amide bonds. The average Bonchev–Trinajstić information content (AvgIpc) is 3.42. The van der Waals surface area contributed by atoms with Crippen molar-refractivity contribution in [3.63, 3.8) is 0 Å². The quantitative estimate of drug-likeness (QED) is 0.647. The predicted octanol–water partition coefficient (Wildman–Crippen LogP) is 2.68. The van der Waals surface area contributed by atoms with E-state index in [0.29, 0.717) is 23.0 Å². The van der Waals surface area contributed by atoms with Gasteiger partial charge in [-0.1, -0.05) is 6.42 Å². The number of nitrogens with one attached hydrogen (secondary N) is 1. The number of amides is 1. The normalized spacial score (nSPS) is 15.3. The van der Waals surface area contributed by atoms with Crippen LogP contribution in [-0.4, -0.2) is 46.7 Å². The Bertz CT molecular complexity index is 1070. The molecule has 1 N–H and O–H groups in total. The summed E-state index contributed by atoms with van der Waals surface area (Å²) in [6.07, 6.45) is 6.18. The highest BCUT2D eigenvalue weighted by Crippen LogP contribution is 2.27. The molecule has 0 unspecified atom stereocenters. The number of thiophene rings is 1. The summed E-state index contributed by atoms with van der Waals surface area (Å²) in [5.74, 6) is -0.196. The maximum Gasteiger partial charge on any atom is 0.252 e. The lowest BCUT2D eigenvalue weighted by Crippen LogP contribution is -2.35. The number of hydrogen-bond acceptors (Lipinski definition) is 6. The maximum atomic E-state index is 12.7.